The van der Waals surface area contributed by atoms with Crippen molar-refractivity contribution in [2.45, 2.75) is 19.8 Å². The van der Waals surface area contributed by atoms with Gasteiger partial charge in [0.15, 0.2) is 0 Å². The predicted molar refractivity (Wildman–Crippen MR) is 77.2 cm³/mol. The first-order chi connectivity index (χ1) is 9.09. The number of aryl methyl sites for hydroxylation is 1. The lowest BCUT2D eigenvalue weighted by molar-refractivity contribution is -0.123. The van der Waals surface area contributed by atoms with Crippen molar-refractivity contribution in [1.29, 1.82) is 0 Å². The van der Waals surface area contributed by atoms with Crippen LogP contribution >= 0.6 is 0 Å². The van der Waals surface area contributed by atoms with E-state index in [0.717, 1.165) is 35.1 Å². The molecule has 100 valence electrons. The van der Waals surface area contributed by atoms with Crippen LogP contribution in [0.5, 0.6) is 0 Å². The molecule has 1 aromatic carbocycles. The lowest BCUT2D eigenvalue weighted by Gasteiger charge is -2.23. The van der Waals surface area contributed by atoms with Gasteiger partial charge in [0, 0.05) is 30.2 Å². The molecule has 0 atom stereocenters. The smallest absolute Gasteiger partial charge is 0.234 e. The van der Waals surface area contributed by atoms with E-state index < -0.39 is 0 Å². The Hall–Kier alpha value is -1.81. The molecule has 1 aliphatic carbocycles. The number of carbonyl (C=O) groups is 1. The maximum absolute atomic E-state index is 12.6. The van der Waals surface area contributed by atoms with E-state index in [-0.39, 0.29) is 11.3 Å². The summed E-state index contributed by atoms with van der Waals surface area (Å²) in [5, 5.41) is 1.09. The number of nitrogens with one attached hydrogen (secondary N) is 1. The molecule has 3 rings (SSSR count). The second-order valence-corrected chi connectivity index (χ2v) is 5.49. The molecule has 0 aliphatic heterocycles. The van der Waals surface area contributed by atoms with E-state index in [9.17, 15) is 4.79 Å². The highest BCUT2D eigenvalue weighted by atomic mass is 16.2. The van der Waals surface area contributed by atoms with Gasteiger partial charge < -0.3 is 15.6 Å². The number of fused-ring (bicyclic) bond motifs is 1. The predicted octanol–water partition coefficient (Wildman–Crippen LogP) is 2.18. The minimum absolute atomic E-state index is 0.142. The van der Waals surface area contributed by atoms with Gasteiger partial charge >= 0.3 is 0 Å². The Balaban J connectivity index is 2.04. The minimum Gasteiger partial charge on any atom is -0.357 e. The first-order valence-electron chi connectivity index (χ1n) is 6.64. The number of rotatable bonds is 3. The zero-order valence-electron chi connectivity index (χ0n) is 11.4. The van der Waals surface area contributed by atoms with Crippen molar-refractivity contribution in [1.82, 2.24) is 4.98 Å². The average molecular weight is 257 g/mol. The van der Waals surface area contributed by atoms with Gasteiger partial charge in [-0.3, -0.25) is 4.79 Å². The van der Waals surface area contributed by atoms with E-state index in [4.69, 9.17) is 5.73 Å². The van der Waals surface area contributed by atoms with Crippen LogP contribution in [0.15, 0.2) is 24.3 Å². The third-order valence-electron chi connectivity index (χ3n) is 4.20. The maximum atomic E-state index is 12.6. The van der Waals surface area contributed by atoms with E-state index >= 15 is 0 Å². The summed E-state index contributed by atoms with van der Waals surface area (Å²) < 4.78 is 0. The average Bonchev–Trinajstić information content (AvgIpc) is 3.14. The first-order valence-corrected chi connectivity index (χ1v) is 6.64. The molecule has 1 heterocycles. The number of nitrogens with zero attached hydrogens (tertiary/aromatic N) is 1. The Morgan fingerprint density at radius 2 is 2.11 bits per heavy atom. The van der Waals surface area contributed by atoms with Crippen LogP contribution in [0.2, 0.25) is 0 Å². The van der Waals surface area contributed by atoms with Crippen molar-refractivity contribution in [3.63, 3.8) is 0 Å². The summed E-state index contributed by atoms with van der Waals surface area (Å²) in [4.78, 5) is 17.7. The van der Waals surface area contributed by atoms with E-state index in [0.29, 0.717) is 6.54 Å². The van der Waals surface area contributed by atoms with Crippen molar-refractivity contribution in [3.8, 4) is 0 Å². The molecule has 4 nitrogen and oxygen atoms in total. The van der Waals surface area contributed by atoms with Crippen LogP contribution in [-0.2, 0) is 4.79 Å². The molecule has 1 aliphatic rings. The van der Waals surface area contributed by atoms with Crippen LogP contribution in [-0.4, -0.2) is 24.5 Å². The molecule has 0 unspecified atom stereocenters. The number of carbonyl (C=O) groups excluding carboxylic acids is 1. The molecule has 0 radical (unpaired) electrons. The molecule has 19 heavy (non-hydrogen) atoms. The van der Waals surface area contributed by atoms with Gasteiger partial charge in [-0.2, -0.15) is 0 Å². The number of nitrogens with two attached hydrogens (primary N) is 1. The topological polar surface area (TPSA) is 62.1 Å². The number of hydrogen-bond donors (Lipinski definition) is 2. The number of aromatic nitrogens is 1. The summed E-state index contributed by atoms with van der Waals surface area (Å²) in [6.45, 7) is 2.44. The molecular weight excluding hydrogens is 238 g/mol. The summed E-state index contributed by atoms with van der Waals surface area (Å²) in [6.07, 6.45) is 1.82. The highest BCUT2D eigenvalue weighted by Gasteiger charge is 2.50. The summed E-state index contributed by atoms with van der Waals surface area (Å²) in [5.41, 5.74) is 8.50. The van der Waals surface area contributed by atoms with Crippen LogP contribution in [0.3, 0.4) is 0 Å². The molecule has 0 bridgehead atoms. The molecule has 3 N–H and O–H groups in total. The van der Waals surface area contributed by atoms with Crippen molar-refractivity contribution < 1.29 is 4.79 Å². The molecule has 1 saturated carbocycles. The van der Waals surface area contributed by atoms with Crippen molar-refractivity contribution in [2.24, 2.45) is 11.1 Å². The highest BCUT2D eigenvalue weighted by molar-refractivity contribution is 6.07. The van der Waals surface area contributed by atoms with Gasteiger partial charge in [0.2, 0.25) is 5.91 Å². The molecule has 4 heteroatoms. The molecule has 2 aromatic rings. The van der Waals surface area contributed by atoms with E-state index in [2.05, 4.69) is 4.98 Å². The van der Waals surface area contributed by atoms with Crippen molar-refractivity contribution in [2.75, 3.05) is 18.5 Å². The Morgan fingerprint density at radius 1 is 1.42 bits per heavy atom. The van der Waals surface area contributed by atoms with Gasteiger partial charge in [0.25, 0.3) is 0 Å². The van der Waals surface area contributed by atoms with Gasteiger partial charge in [-0.05, 0) is 25.8 Å². The van der Waals surface area contributed by atoms with Crippen molar-refractivity contribution >= 4 is 22.5 Å². The largest absolute Gasteiger partial charge is 0.357 e. The van der Waals surface area contributed by atoms with Gasteiger partial charge in [0.1, 0.15) is 0 Å². The van der Waals surface area contributed by atoms with Crippen LogP contribution in [0.1, 0.15) is 18.5 Å². The molecule has 0 saturated heterocycles. The summed E-state index contributed by atoms with van der Waals surface area (Å²) in [7, 11) is 1.85. The second kappa shape index (κ2) is 4.10. The standard InChI is InChI=1S/C15H19N3O/c1-10-13(11-5-3-4-6-12(11)17-10)18(2)14(19)15(9-16)7-8-15/h3-6,17H,7-9,16H2,1-2H3. The number of H-pyrrole nitrogens is 1. The Labute approximate surface area is 112 Å². The van der Waals surface area contributed by atoms with Gasteiger partial charge in [-0.15, -0.1) is 0 Å². The monoisotopic (exact) mass is 257 g/mol. The van der Waals surface area contributed by atoms with Gasteiger partial charge in [-0.1, -0.05) is 18.2 Å². The minimum atomic E-state index is -0.306. The zero-order chi connectivity index (χ0) is 13.6. The quantitative estimate of drug-likeness (QED) is 0.885. The van der Waals surface area contributed by atoms with Crippen molar-refractivity contribution in [3.05, 3.63) is 30.0 Å². The van der Waals surface area contributed by atoms with Crippen LogP contribution in [0, 0.1) is 12.3 Å². The highest BCUT2D eigenvalue weighted by Crippen LogP contribution is 2.47. The fourth-order valence-electron chi connectivity index (χ4n) is 2.81. The third-order valence-corrected chi connectivity index (χ3v) is 4.20. The van der Waals surface area contributed by atoms with Gasteiger partial charge in [0.05, 0.1) is 11.1 Å². The number of para-hydroxylation sites is 1. The van der Waals surface area contributed by atoms with E-state index in [1.807, 2.05) is 38.2 Å². The molecular formula is C15H19N3O. The number of aromatic amines is 1. The van der Waals surface area contributed by atoms with Crippen LogP contribution < -0.4 is 10.6 Å². The third kappa shape index (κ3) is 1.75. The summed E-state index contributed by atoms with van der Waals surface area (Å²) >= 11 is 0. The number of hydrogen-bond acceptors (Lipinski definition) is 2. The van der Waals surface area contributed by atoms with Crippen LogP contribution in [0.25, 0.3) is 10.9 Å². The lowest BCUT2D eigenvalue weighted by Crippen LogP contribution is -2.38. The molecule has 1 aromatic heterocycles. The fourth-order valence-corrected chi connectivity index (χ4v) is 2.81. The number of benzene rings is 1. The lowest BCUT2D eigenvalue weighted by atomic mass is 10.1. The molecule has 1 amide bonds. The van der Waals surface area contributed by atoms with E-state index in [1.54, 1.807) is 4.90 Å². The summed E-state index contributed by atoms with van der Waals surface area (Å²) in [5.74, 6) is 0.142. The molecule has 1 fully saturated rings. The van der Waals surface area contributed by atoms with E-state index in [1.165, 1.54) is 0 Å². The van der Waals surface area contributed by atoms with Crippen LogP contribution in [0.4, 0.5) is 5.69 Å². The number of amides is 1. The zero-order valence-corrected chi connectivity index (χ0v) is 11.4. The maximum Gasteiger partial charge on any atom is 0.234 e. The Kier molecular flexibility index (Phi) is 2.64. The SMILES string of the molecule is Cc1[nH]c2ccccc2c1N(C)C(=O)C1(CN)CC1. The normalized spacial score (nSPS) is 16.6. The Bertz CT molecular complexity index is 640. The Morgan fingerprint density at radius 3 is 2.74 bits per heavy atom. The summed E-state index contributed by atoms with van der Waals surface area (Å²) in [6, 6.07) is 8.05. The number of anilines is 1. The second-order valence-electron chi connectivity index (χ2n) is 5.49. The van der Waals surface area contributed by atoms with Gasteiger partial charge in [-0.25, -0.2) is 0 Å². The first kappa shape index (κ1) is 12.2. The molecule has 0 spiro atoms. The fraction of sp³-hybridized carbons (Fsp3) is 0.400.